The molecule has 0 amide bonds. The van der Waals surface area contributed by atoms with Gasteiger partial charge in [-0.05, 0) is 39.5 Å². The predicted octanol–water partition coefficient (Wildman–Crippen LogP) is 0.811. The maximum atomic E-state index is 12.5. The van der Waals surface area contributed by atoms with E-state index in [2.05, 4.69) is 0 Å². The van der Waals surface area contributed by atoms with Gasteiger partial charge in [0.1, 0.15) is 5.78 Å². The number of hydrogen-bond donors (Lipinski definition) is 2. The van der Waals surface area contributed by atoms with Gasteiger partial charge in [-0.25, -0.2) is 0 Å². The summed E-state index contributed by atoms with van der Waals surface area (Å²) >= 11 is 0. The number of carbonyl (C=O) groups excluding carboxylic acids is 2. The number of aliphatic hydroxyl groups excluding tert-OH is 1. The second-order valence-electron chi connectivity index (χ2n) is 6.85. The maximum Gasteiger partial charge on any atom is 0.310 e. The fraction of sp³-hybridized carbons (Fsp3) is 0.867. The van der Waals surface area contributed by atoms with E-state index in [1.54, 1.807) is 13.8 Å². The Labute approximate surface area is 118 Å². The summed E-state index contributed by atoms with van der Waals surface area (Å²) in [5.41, 5.74) is -3.08. The van der Waals surface area contributed by atoms with Gasteiger partial charge in [0.05, 0.1) is 29.6 Å². The van der Waals surface area contributed by atoms with Crippen LogP contribution in [0.5, 0.6) is 0 Å². The van der Waals surface area contributed by atoms with E-state index in [0.29, 0.717) is 19.3 Å². The molecule has 0 radical (unpaired) electrons. The highest BCUT2D eigenvalue weighted by atomic mass is 16.5. The fourth-order valence-corrected chi connectivity index (χ4v) is 4.90. The van der Waals surface area contributed by atoms with Crippen LogP contribution in [0.2, 0.25) is 0 Å². The normalized spacial score (nSPS) is 50.1. The molecule has 4 aliphatic carbocycles. The Morgan fingerprint density at radius 1 is 1.45 bits per heavy atom. The molecular formula is C15H22O5. The van der Waals surface area contributed by atoms with Crippen LogP contribution in [0, 0.1) is 16.7 Å². The van der Waals surface area contributed by atoms with Crippen LogP contribution in [0.3, 0.4) is 0 Å². The Balaban J connectivity index is 2.07. The number of Topliss-reactive ketones (excluding diaryl/α,β-unsaturated/α-hetero) is 1. The van der Waals surface area contributed by atoms with E-state index in [-0.39, 0.29) is 18.8 Å². The molecule has 4 fully saturated rings. The molecule has 0 aromatic rings. The van der Waals surface area contributed by atoms with Gasteiger partial charge in [-0.1, -0.05) is 0 Å². The van der Waals surface area contributed by atoms with E-state index in [0.717, 1.165) is 6.42 Å². The van der Waals surface area contributed by atoms with E-state index in [4.69, 9.17) is 4.74 Å². The summed E-state index contributed by atoms with van der Waals surface area (Å²) in [6.45, 7) is 3.59. The van der Waals surface area contributed by atoms with Crippen LogP contribution >= 0.6 is 0 Å². The lowest BCUT2D eigenvalue weighted by Crippen LogP contribution is -2.73. The lowest BCUT2D eigenvalue weighted by atomic mass is 9.43. The molecular weight excluding hydrogens is 260 g/mol. The van der Waals surface area contributed by atoms with E-state index < -0.39 is 34.4 Å². The third-order valence-electron chi connectivity index (χ3n) is 6.14. The Hall–Kier alpha value is -0.940. The topological polar surface area (TPSA) is 83.8 Å². The van der Waals surface area contributed by atoms with Gasteiger partial charge in [-0.2, -0.15) is 0 Å². The number of ether oxygens (including phenoxy) is 1. The Morgan fingerprint density at radius 2 is 2.15 bits per heavy atom. The van der Waals surface area contributed by atoms with Crippen LogP contribution in [0.25, 0.3) is 0 Å². The van der Waals surface area contributed by atoms with Crippen LogP contribution in [0.1, 0.15) is 46.0 Å². The van der Waals surface area contributed by atoms with E-state index in [9.17, 15) is 19.8 Å². The summed E-state index contributed by atoms with van der Waals surface area (Å²) in [5.74, 6) is -1.17. The first-order chi connectivity index (χ1) is 9.32. The van der Waals surface area contributed by atoms with Crippen LogP contribution < -0.4 is 0 Å². The Bertz CT molecular complexity index is 475. The van der Waals surface area contributed by atoms with Gasteiger partial charge in [0, 0.05) is 11.8 Å². The molecule has 5 heteroatoms. The third kappa shape index (κ3) is 1.35. The van der Waals surface area contributed by atoms with Crippen LogP contribution in [-0.4, -0.2) is 40.3 Å². The van der Waals surface area contributed by atoms with Crippen molar-refractivity contribution in [3.63, 3.8) is 0 Å². The van der Waals surface area contributed by atoms with Crippen molar-refractivity contribution in [2.45, 2.75) is 57.7 Å². The van der Waals surface area contributed by atoms with Crippen molar-refractivity contribution < 1.29 is 24.5 Å². The summed E-state index contributed by atoms with van der Waals surface area (Å²) in [5, 5.41) is 21.6. The van der Waals surface area contributed by atoms with Gasteiger partial charge >= 0.3 is 5.97 Å². The number of esters is 1. The molecule has 112 valence electrons. The number of aliphatic hydroxyl groups is 2. The van der Waals surface area contributed by atoms with Crippen molar-refractivity contribution in [2.24, 2.45) is 16.7 Å². The number of hydrogen-bond acceptors (Lipinski definition) is 5. The zero-order chi connectivity index (χ0) is 14.8. The zero-order valence-corrected chi connectivity index (χ0v) is 12.0. The molecule has 2 bridgehead atoms. The summed E-state index contributed by atoms with van der Waals surface area (Å²) < 4.78 is 5.09. The SMILES string of the molecule is CCOC(=O)[C@@H]1C[C@]23CCC[C@]2(O)[C@@H](O)[C@@]1(C)C(=O)C3. The minimum Gasteiger partial charge on any atom is -0.466 e. The number of carbonyl (C=O) groups is 2. The molecule has 0 saturated heterocycles. The second kappa shape index (κ2) is 4.04. The lowest BCUT2D eigenvalue weighted by Gasteiger charge is -2.62. The molecule has 4 saturated carbocycles. The van der Waals surface area contributed by atoms with Crippen molar-refractivity contribution in [1.82, 2.24) is 0 Å². The first kappa shape index (κ1) is 14.0. The van der Waals surface area contributed by atoms with E-state index >= 15 is 0 Å². The van der Waals surface area contributed by atoms with Crippen molar-refractivity contribution in [3.8, 4) is 0 Å². The van der Waals surface area contributed by atoms with Gasteiger partial charge in [0.2, 0.25) is 0 Å². The van der Waals surface area contributed by atoms with Gasteiger partial charge in [-0.15, -0.1) is 0 Å². The van der Waals surface area contributed by atoms with Gasteiger partial charge in [-0.3, -0.25) is 9.59 Å². The molecule has 0 aliphatic heterocycles. The molecule has 4 rings (SSSR count). The molecule has 5 atom stereocenters. The highest BCUT2D eigenvalue weighted by Crippen LogP contribution is 2.68. The summed E-state index contributed by atoms with van der Waals surface area (Å²) in [6.07, 6.45) is 1.52. The molecule has 0 aromatic heterocycles. The summed E-state index contributed by atoms with van der Waals surface area (Å²) in [7, 11) is 0. The van der Waals surface area contributed by atoms with E-state index in [1.165, 1.54) is 0 Å². The first-order valence-electron chi connectivity index (χ1n) is 7.42. The smallest absolute Gasteiger partial charge is 0.310 e. The number of rotatable bonds is 2. The lowest BCUT2D eigenvalue weighted by molar-refractivity contribution is -0.255. The predicted molar refractivity (Wildman–Crippen MR) is 69.7 cm³/mol. The largest absolute Gasteiger partial charge is 0.466 e. The molecule has 4 aliphatic rings. The maximum absolute atomic E-state index is 12.5. The van der Waals surface area contributed by atoms with Gasteiger partial charge < -0.3 is 14.9 Å². The molecule has 0 unspecified atom stereocenters. The third-order valence-corrected chi connectivity index (χ3v) is 6.14. The zero-order valence-electron chi connectivity index (χ0n) is 12.0. The standard InChI is InChI=1S/C15H22O5/c1-3-20-11(17)9-7-14-5-4-6-15(14,19)12(18)13(9,2)10(16)8-14/h9,12,18-19H,3-8H2,1-2H3/t9-,12-,13+,14-,15-/m0/s1. The highest BCUT2D eigenvalue weighted by Gasteiger charge is 2.75. The molecule has 0 heterocycles. The average Bonchev–Trinajstić information content (AvgIpc) is 2.72. The molecule has 20 heavy (non-hydrogen) atoms. The van der Waals surface area contributed by atoms with Crippen molar-refractivity contribution in [1.29, 1.82) is 0 Å². The highest BCUT2D eigenvalue weighted by molar-refractivity contribution is 5.94. The monoisotopic (exact) mass is 282 g/mol. The second-order valence-corrected chi connectivity index (χ2v) is 6.85. The summed E-state index contributed by atoms with van der Waals surface area (Å²) in [6, 6.07) is 0. The molecule has 1 spiro atoms. The number of ketones is 1. The van der Waals surface area contributed by atoms with Gasteiger partial charge in [0.25, 0.3) is 0 Å². The Morgan fingerprint density at radius 3 is 2.80 bits per heavy atom. The fourth-order valence-electron chi connectivity index (χ4n) is 4.90. The quantitative estimate of drug-likeness (QED) is 0.732. The molecule has 2 N–H and O–H groups in total. The molecule has 5 nitrogen and oxygen atoms in total. The Kier molecular flexibility index (Phi) is 2.83. The van der Waals surface area contributed by atoms with Crippen molar-refractivity contribution >= 4 is 11.8 Å². The van der Waals surface area contributed by atoms with Crippen molar-refractivity contribution in [3.05, 3.63) is 0 Å². The van der Waals surface area contributed by atoms with Crippen LogP contribution in [-0.2, 0) is 14.3 Å². The number of fused-ring (bicyclic) bond motifs is 2. The first-order valence-corrected chi connectivity index (χ1v) is 7.42. The minimum atomic E-state index is -1.22. The van der Waals surface area contributed by atoms with Crippen molar-refractivity contribution in [2.75, 3.05) is 6.61 Å². The van der Waals surface area contributed by atoms with E-state index in [1.807, 2.05) is 0 Å². The summed E-state index contributed by atoms with van der Waals surface area (Å²) in [4.78, 5) is 24.7. The van der Waals surface area contributed by atoms with Crippen LogP contribution in [0.4, 0.5) is 0 Å². The molecule has 0 aromatic carbocycles. The van der Waals surface area contributed by atoms with Gasteiger partial charge in [0.15, 0.2) is 0 Å². The average molecular weight is 282 g/mol. The van der Waals surface area contributed by atoms with Crippen LogP contribution in [0.15, 0.2) is 0 Å². The minimum absolute atomic E-state index is 0.110.